The van der Waals surface area contributed by atoms with Gasteiger partial charge >= 0.3 is 5.97 Å². The molecule has 2 nitrogen and oxygen atoms in total. The molecule has 4 heteroatoms. The Balaban J connectivity index is 3.32. The van der Waals surface area contributed by atoms with Crippen LogP contribution >= 0.6 is 27.5 Å². The number of hydrogen-bond donors (Lipinski definition) is 1. The van der Waals surface area contributed by atoms with Crippen molar-refractivity contribution < 1.29 is 9.90 Å². The molecule has 1 atom stereocenters. The van der Waals surface area contributed by atoms with Gasteiger partial charge in [0.05, 0.1) is 0 Å². The Morgan fingerprint density at radius 2 is 2.38 bits per heavy atom. The summed E-state index contributed by atoms with van der Waals surface area (Å²) in [6.07, 6.45) is 0.469. The van der Waals surface area contributed by atoms with Crippen LogP contribution in [0.4, 0.5) is 0 Å². The summed E-state index contributed by atoms with van der Waals surface area (Å²) in [4.78, 5) is 9.94. The number of carbonyl (C=O) groups is 1. The first-order valence-corrected chi connectivity index (χ1v) is 3.67. The summed E-state index contributed by atoms with van der Waals surface area (Å²) in [6, 6.07) is 0. The zero-order chi connectivity index (χ0) is 6.57. The lowest BCUT2D eigenvalue weighted by Crippen LogP contribution is -2.12. The molecule has 0 heterocycles. The van der Waals surface area contributed by atoms with Gasteiger partial charge in [0.15, 0.2) is 0 Å². The second-order valence-corrected chi connectivity index (χ2v) is 2.60. The standard InChI is InChI=1S/C4H6BrClO2/c5-2-1-3(6)4(7)8/h3H,1-2H2,(H,7,8). The minimum absolute atomic E-state index is 0.469. The van der Waals surface area contributed by atoms with Gasteiger partial charge in [-0.3, -0.25) is 4.79 Å². The van der Waals surface area contributed by atoms with E-state index in [1.54, 1.807) is 0 Å². The van der Waals surface area contributed by atoms with Gasteiger partial charge in [-0.1, -0.05) is 15.9 Å². The Morgan fingerprint density at radius 3 is 2.50 bits per heavy atom. The van der Waals surface area contributed by atoms with Crippen molar-refractivity contribution in [3.8, 4) is 0 Å². The van der Waals surface area contributed by atoms with Crippen LogP contribution in [0.15, 0.2) is 0 Å². The van der Waals surface area contributed by atoms with Crippen LogP contribution in [-0.4, -0.2) is 21.8 Å². The number of rotatable bonds is 3. The van der Waals surface area contributed by atoms with Crippen molar-refractivity contribution in [2.45, 2.75) is 11.8 Å². The molecule has 1 unspecified atom stereocenters. The van der Waals surface area contributed by atoms with E-state index >= 15 is 0 Å². The number of hydrogen-bond acceptors (Lipinski definition) is 1. The second-order valence-electron chi connectivity index (χ2n) is 1.28. The Morgan fingerprint density at radius 1 is 1.88 bits per heavy atom. The summed E-state index contributed by atoms with van der Waals surface area (Å²) in [6.45, 7) is 0. The molecule has 0 amide bonds. The molecule has 0 aromatic rings. The predicted molar refractivity (Wildman–Crippen MR) is 35.7 cm³/mol. The molecule has 8 heavy (non-hydrogen) atoms. The summed E-state index contributed by atoms with van der Waals surface area (Å²) < 4.78 is 0. The van der Waals surface area contributed by atoms with E-state index in [1.165, 1.54) is 0 Å². The number of aliphatic carboxylic acids is 1. The first-order chi connectivity index (χ1) is 3.68. The molecule has 0 fully saturated rings. The van der Waals surface area contributed by atoms with E-state index in [9.17, 15) is 4.79 Å². The fourth-order valence-electron chi connectivity index (χ4n) is 0.219. The minimum atomic E-state index is -0.953. The molecular formula is C4H6BrClO2. The summed E-state index contributed by atoms with van der Waals surface area (Å²) >= 11 is 8.36. The topological polar surface area (TPSA) is 37.3 Å². The molecule has 0 spiro atoms. The van der Waals surface area contributed by atoms with Crippen molar-refractivity contribution in [2.24, 2.45) is 0 Å². The zero-order valence-electron chi connectivity index (χ0n) is 4.10. The van der Waals surface area contributed by atoms with Gasteiger partial charge in [-0.2, -0.15) is 0 Å². The van der Waals surface area contributed by atoms with E-state index < -0.39 is 11.3 Å². The van der Waals surface area contributed by atoms with Crippen LogP contribution in [0.5, 0.6) is 0 Å². The van der Waals surface area contributed by atoms with Crippen molar-refractivity contribution in [3.63, 3.8) is 0 Å². The molecule has 0 rings (SSSR count). The van der Waals surface area contributed by atoms with Crippen LogP contribution in [0.25, 0.3) is 0 Å². The molecule has 0 aliphatic rings. The largest absolute Gasteiger partial charge is 0.480 e. The fourth-order valence-corrected chi connectivity index (χ4v) is 1.05. The van der Waals surface area contributed by atoms with Crippen molar-refractivity contribution in [1.82, 2.24) is 0 Å². The van der Waals surface area contributed by atoms with Gasteiger partial charge in [-0.05, 0) is 6.42 Å². The van der Waals surface area contributed by atoms with Crippen molar-refractivity contribution in [3.05, 3.63) is 0 Å². The highest BCUT2D eigenvalue weighted by atomic mass is 79.9. The fraction of sp³-hybridized carbons (Fsp3) is 0.750. The van der Waals surface area contributed by atoms with Gasteiger partial charge in [0.1, 0.15) is 5.38 Å². The average molecular weight is 201 g/mol. The monoisotopic (exact) mass is 200 g/mol. The summed E-state index contributed by atoms with van der Waals surface area (Å²) in [7, 11) is 0. The molecule has 0 aliphatic heterocycles. The quantitative estimate of drug-likeness (QED) is 0.702. The average Bonchev–Trinajstić information content (AvgIpc) is 1.67. The molecule has 0 saturated heterocycles. The molecular weight excluding hydrogens is 195 g/mol. The molecule has 48 valence electrons. The van der Waals surface area contributed by atoms with Crippen LogP contribution in [-0.2, 0) is 4.79 Å². The molecule has 0 saturated carbocycles. The lowest BCUT2D eigenvalue weighted by atomic mass is 10.3. The van der Waals surface area contributed by atoms with Crippen molar-refractivity contribution in [1.29, 1.82) is 0 Å². The van der Waals surface area contributed by atoms with Gasteiger partial charge in [0.25, 0.3) is 0 Å². The molecule has 0 aromatic carbocycles. The predicted octanol–water partition coefficient (Wildman–Crippen LogP) is 1.46. The van der Waals surface area contributed by atoms with E-state index in [-0.39, 0.29) is 0 Å². The van der Waals surface area contributed by atoms with Gasteiger partial charge in [-0.25, -0.2) is 0 Å². The highest BCUT2D eigenvalue weighted by molar-refractivity contribution is 9.09. The smallest absolute Gasteiger partial charge is 0.321 e. The number of alkyl halides is 2. The number of halogens is 2. The van der Waals surface area contributed by atoms with E-state index in [2.05, 4.69) is 15.9 Å². The normalized spacial score (nSPS) is 13.2. The summed E-state index contributed by atoms with van der Waals surface area (Å²) in [5, 5.41) is 8.05. The van der Waals surface area contributed by atoms with Gasteiger partial charge in [-0.15, -0.1) is 11.6 Å². The van der Waals surface area contributed by atoms with E-state index in [1.807, 2.05) is 0 Å². The van der Waals surface area contributed by atoms with E-state index in [0.29, 0.717) is 11.8 Å². The molecule has 1 N–H and O–H groups in total. The van der Waals surface area contributed by atoms with Crippen LogP contribution in [0.3, 0.4) is 0 Å². The Labute approximate surface area is 61.0 Å². The summed E-state index contributed by atoms with van der Waals surface area (Å²) in [5.74, 6) is -0.953. The van der Waals surface area contributed by atoms with E-state index in [4.69, 9.17) is 16.7 Å². The lowest BCUT2D eigenvalue weighted by Gasteiger charge is -1.96. The highest BCUT2D eigenvalue weighted by Gasteiger charge is 2.10. The third-order valence-electron chi connectivity index (χ3n) is 0.631. The second kappa shape index (κ2) is 4.15. The minimum Gasteiger partial charge on any atom is -0.480 e. The van der Waals surface area contributed by atoms with Gasteiger partial charge in [0.2, 0.25) is 0 Å². The van der Waals surface area contributed by atoms with Gasteiger partial charge < -0.3 is 5.11 Å². The van der Waals surface area contributed by atoms with E-state index in [0.717, 1.165) is 0 Å². The SMILES string of the molecule is O=C(O)C(Cl)CCBr. The molecule has 0 aromatic heterocycles. The maximum Gasteiger partial charge on any atom is 0.321 e. The highest BCUT2D eigenvalue weighted by Crippen LogP contribution is 2.03. The van der Waals surface area contributed by atoms with Crippen LogP contribution in [0.1, 0.15) is 6.42 Å². The molecule has 0 bridgehead atoms. The zero-order valence-corrected chi connectivity index (χ0v) is 6.44. The molecule has 0 aliphatic carbocycles. The van der Waals surface area contributed by atoms with Gasteiger partial charge in [0, 0.05) is 5.33 Å². The van der Waals surface area contributed by atoms with Crippen LogP contribution in [0, 0.1) is 0 Å². The Kier molecular flexibility index (Phi) is 4.28. The Hall–Kier alpha value is 0.240. The van der Waals surface area contributed by atoms with Crippen molar-refractivity contribution >= 4 is 33.5 Å². The lowest BCUT2D eigenvalue weighted by molar-refractivity contribution is -0.136. The maximum absolute atomic E-state index is 9.94. The third kappa shape index (κ3) is 3.27. The Bertz CT molecular complexity index is 86.1. The van der Waals surface area contributed by atoms with Crippen LogP contribution < -0.4 is 0 Å². The maximum atomic E-state index is 9.94. The summed E-state index contributed by atoms with van der Waals surface area (Å²) in [5.41, 5.74) is 0. The molecule has 0 radical (unpaired) electrons. The number of carboxylic acid groups (broad SMARTS) is 1. The number of carboxylic acids is 1. The first-order valence-electron chi connectivity index (χ1n) is 2.11. The first kappa shape index (κ1) is 8.24. The van der Waals surface area contributed by atoms with Crippen LogP contribution in [0.2, 0.25) is 0 Å². The van der Waals surface area contributed by atoms with Crippen molar-refractivity contribution in [2.75, 3.05) is 5.33 Å². The third-order valence-corrected chi connectivity index (χ3v) is 1.49.